The molecule has 8 heteroatoms. The Labute approximate surface area is 223 Å². The molecule has 38 heavy (non-hydrogen) atoms. The third kappa shape index (κ3) is 6.95. The fourth-order valence-corrected chi connectivity index (χ4v) is 5.83. The third-order valence-corrected chi connectivity index (χ3v) is 8.28. The van der Waals surface area contributed by atoms with E-state index in [-0.39, 0.29) is 17.7 Å². The van der Waals surface area contributed by atoms with Crippen LogP contribution in [0.2, 0.25) is 0 Å². The Hall–Kier alpha value is -2.87. The zero-order valence-corrected chi connectivity index (χ0v) is 22.7. The molecule has 2 N–H and O–H groups in total. The van der Waals surface area contributed by atoms with Crippen LogP contribution in [0.4, 0.5) is 19.0 Å². The van der Waals surface area contributed by atoms with Gasteiger partial charge in [-0.15, -0.1) is 13.2 Å². The molecule has 1 aliphatic rings. The molecule has 0 amide bonds. The summed E-state index contributed by atoms with van der Waals surface area (Å²) < 4.78 is 41.6. The van der Waals surface area contributed by atoms with E-state index in [0.29, 0.717) is 24.2 Å². The number of aryl methyl sites for hydroxylation is 1. The van der Waals surface area contributed by atoms with Crippen LogP contribution in [-0.4, -0.2) is 36.5 Å². The van der Waals surface area contributed by atoms with Gasteiger partial charge < -0.3 is 15.4 Å². The van der Waals surface area contributed by atoms with Crippen molar-refractivity contribution in [2.45, 2.75) is 70.7 Å². The van der Waals surface area contributed by atoms with Gasteiger partial charge in [-0.25, -0.2) is 9.97 Å². The zero-order chi connectivity index (χ0) is 27.4. The van der Waals surface area contributed by atoms with Crippen molar-refractivity contribution in [3.63, 3.8) is 0 Å². The molecular weight excluding hydrogens is 489 g/mol. The first-order valence-corrected chi connectivity index (χ1v) is 13.6. The quantitative estimate of drug-likeness (QED) is 0.321. The number of para-hydroxylation sites is 1. The normalized spacial score (nSPS) is 20.6. The molecule has 3 atom stereocenters. The predicted octanol–water partition coefficient (Wildman–Crippen LogP) is 7.10. The SMILES string of the molecule is CC(c1nc(N(C)C)c2ccccc2n1)[C@H](C)C1CCC(C(N)CCc2cccc(OC(F)(F)F)c2)CC1. The minimum Gasteiger partial charge on any atom is -0.406 e. The molecule has 0 spiro atoms. The highest BCUT2D eigenvalue weighted by Gasteiger charge is 2.33. The van der Waals surface area contributed by atoms with Crippen molar-refractivity contribution in [3.8, 4) is 5.75 Å². The minimum absolute atomic E-state index is 0.0299. The maximum atomic E-state index is 12.5. The Kier molecular flexibility index (Phi) is 8.81. The van der Waals surface area contributed by atoms with Crippen molar-refractivity contribution in [3.05, 3.63) is 59.9 Å². The van der Waals surface area contributed by atoms with Crippen molar-refractivity contribution >= 4 is 16.7 Å². The van der Waals surface area contributed by atoms with Gasteiger partial charge in [0.15, 0.2) is 0 Å². The van der Waals surface area contributed by atoms with E-state index in [1.807, 2.05) is 32.3 Å². The molecule has 0 saturated heterocycles. The van der Waals surface area contributed by atoms with Crippen LogP contribution in [0.1, 0.15) is 63.3 Å². The number of hydrogen-bond acceptors (Lipinski definition) is 5. The number of alkyl halides is 3. The van der Waals surface area contributed by atoms with Gasteiger partial charge in [0.05, 0.1) is 5.52 Å². The molecule has 1 fully saturated rings. The second kappa shape index (κ2) is 11.9. The first-order chi connectivity index (χ1) is 18.0. The molecule has 0 radical (unpaired) electrons. The fourth-order valence-electron chi connectivity index (χ4n) is 5.83. The lowest BCUT2D eigenvalue weighted by molar-refractivity contribution is -0.274. The summed E-state index contributed by atoms with van der Waals surface area (Å²) in [5, 5.41) is 1.07. The number of halogens is 3. The van der Waals surface area contributed by atoms with Gasteiger partial charge in [0.25, 0.3) is 0 Å². The van der Waals surface area contributed by atoms with Crippen LogP contribution in [0.3, 0.4) is 0 Å². The summed E-state index contributed by atoms with van der Waals surface area (Å²) in [6, 6.07) is 14.4. The number of anilines is 1. The van der Waals surface area contributed by atoms with Crippen LogP contribution in [0, 0.1) is 17.8 Å². The Morgan fingerprint density at radius 1 is 0.974 bits per heavy atom. The van der Waals surface area contributed by atoms with Gasteiger partial charge >= 0.3 is 6.36 Å². The van der Waals surface area contributed by atoms with E-state index >= 15 is 0 Å². The largest absolute Gasteiger partial charge is 0.573 e. The first kappa shape index (κ1) is 28.1. The molecule has 2 unspecified atom stereocenters. The van der Waals surface area contributed by atoms with Crippen molar-refractivity contribution in [2.75, 3.05) is 19.0 Å². The standard InChI is InChI=1S/C30H39F3N4O/c1-19(20(2)28-35-27-11-6-5-10-25(27)29(36-28)37(3)4)22-13-15-23(16-14-22)26(34)17-12-21-8-7-9-24(18-21)38-30(31,32)33/h5-11,18-20,22-23,26H,12-17,34H2,1-4H3/t19-,20?,22?,23?,26?/m0/s1. The molecule has 5 nitrogen and oxygen atoms in total. The summed E-state index contributed by atoms with van der Waals surface area (Å²) in [5.74, 6) is 3.37. The molecular formula is C30H39F3N4O. The van der Waals surface area contributed by atoms with Crippen molar-refractivity contribution < 1.29 is 17.9 Å². The highest BCUT2D eigenvalue weighted by molar-refractivity contribution is 5.89. The Bertz CT molecular complexity index is 1210. The van der Waals surface area contributed by atoms with E-state index in [2.05, 4.69) is 35.6 Å². The summed E-state index contributed by atoms with van der Waals surface area (Å²) in [5.41, 5.74) is 8.36. The van der Waals surface area contributed by atoms with Gasteiger partial charge in [0, 0.05) is 31.4 Å². The van der Waals surface area contributed by atoms with E-state index in [4.69, 9.17) is 15.7 Å². The molecule has 1 saturated carbocycles. The van der Waals surface area contributed by atoms with Crippen LogP contribution < -0.4 is 15.4 Å². The first-order valence-electron chi connectivity index (χ1n) is 13.6. The van der Waals surface area contributed by atoms with Gasteiger partial charge in [-0.3, -0.25) is 0 Å². The van der Waals surface area contributed by atoms with Gasteiger partial charge in [-0.1, -0.05) is 38.1 Å². The molecule has 0 bridgehead atoms. The summed E-state index contributed by atoms with van der Waals surface area (Å²) >= 11 is 0. The number of aromatic nitrogens is 2. The lowest BCUT2D eigenvalue weighted by atomic mass is 9.70. The van der Waals surface area contributed by atoms with Gasteiger partial charge in [0.2, 0.25) is 0 Å². The number of nitrogens with two attached hydrogens (primary N) is 1. The number of hydrogen-bond donors (Lipinski definition) is 1. The smallest absolute Gasteiger partial charge is 0.406 e. The van der Waals surface area contributed by atoms with Crippen LogP contribution in [0.15, 0.2) is 48.5 Å². The third-order valence-electron chi connectivity index (χ3n) is 8.28. The number of fused-ring (bicyclic) bond motifs is 1. The summed E-state index contributed by atoms with van der Waals surface area (Å²) in [7, 11) is 4.04. The molecule has 206 valence electrons. The van der Waals surface area contributed by atoms with E-state index in [1.54, 1.807) is 6.07 Å². The van der Waals surface area contributed by atoms with Gasteiger partial charge in [0.1, 0.15) is 17.4 Å². The van der Waals surface area contributed by atoms with Crippen LogP contribution in [-0.2, 0) is 6.42 Å². The van der Waals surface area contributed by atoms with E-state index < -0.39 is 6.36 Å². The molecule has 3 aromatic rings. The second-order valence-electron chi connectivity index (χ2n) is 11.0. The Morgan fingerprint density at radius 2 is 1.66 bits per heavy atom. The molecule has 4 rings (SSSR count). The summed E-state index contributed by atoms with van der Waals surface area (Å²) in [4.78, 5) is 11.9. The maximum Gasteiger partial charge on any atom is 0.573 e. The molecule has 1 aliphatic carbocycles. The van der Waals surface area contributed by atoms with Gasteiger partial charge in [-0.2, -0.15) is 0 Å². The van der Waals surface area contributed by atoms with Crippen LogP contribution in [0.5, 0.6) is 5.75 Å². The van der Waals surface area contributed by atoms with Crippen molar-refractivity contribution in [1.29, 1.82) is 0 Å². The lowest BCUT2D eigenvalue weighted by Gasteiger charge is -2.37. The Morgan fingerprint density at radius 3 is 2.34 bits per heavy atom. The monoisotopic (exact) mass is 528 g/mol. The van der Waals surface area contributed by atoms with Crippen LogP contribution >= 0.6 is 0 Å². The number of ether oxygens (including phenoxy) is 1. The van der Waals surface area contributed by atoms with Gasteiger partial charge in [-0.05, 0) is 86.1 Å². The van der Waals surface area contributed by atoms with E-state index in [9.17, 15) is 13.2 Å². The lowest BCUT2D eigenvalue weighted by Crippen LogP contribution is -2.35. The summed E-state index contributed by atoms with van der Waals surface area (Å²) in [6.07, 6.45) is 1.08. The molecule has 1 heterocycles. The maximum absolute atomic E-state index is 12.5. The minimum atomic E-state index is -4.68. The topological polar surface area (TPSA) is 64.3 Å². The molecule has 0 aliphatic heterocycles. The average molecular weight is 529 g/mol. The van der Waals surface area contributed by atoms with E-state index in [1.165, 1.54) is 12.1 Å². The summed E-state index contributed by atoms with van der Waals surface area (Å²) in [6.45, 7) is 4.56. The van der Waals surface area contributed by atoms with Crippen molar-refractivity contribution in [1.82, 2.24) is 9.97 Å². The Balaban J connectivity index is 1.32. The highest BCUT2D eigenvalue weighted by Crippen LogP contribution is 2.40. The predicted molar refractivity (Wildman–Crippen MR) is 146 cm³/mol. The average Bonchev–Trinajstić information content (AvgIpc) is 2.89. The zero-order valence-electron chi connectivity index (χ0n) is 22.7. The number of nitrogens with zero attached hydrogens (tertiary/aromatic N) is 3. The highest BCUT2D eigenvalue weighted by atomic mass is 19.4. The number of rotatable bonds is 9. The molecule has 2 aromatic carbocycles. The van der Waals surface area contributed by atoms with Crippen molar-refractivity contribution in [2.24, 2.45) is 23.5 Å². The number of benzene rings is 2. The fraction of sp³-hybridized carbons (Fsp3) is 0.533. The van der Waals surface area contributed by atoms with E-state index in [0.717, 1.165) is 60.2 Å². The second-order valence-corrected chi connectivity index (χ2v) is 11.0. The van der Waals surface area contributed by atoms with Crippen LogP contribution in [0.25, 0.3) is 10.9 Å². The molecule has 1 aromatic heterocycles.